The number of rotatable bonds is 4. The van der Waals surface area contributed by atoms with Crippen molar-refractivity contribution in [2.45, 2.75) is 13.1 Å². The van der Waals surface area contributed by atoms with E-state index in [-0.39, 0.29) is 28.6 Å². The van der Waals surface area contributed by atoms with Crippen molar-refractivity contribution in [1.29, 1.82) is 0 Å². The Kier molecular flexibility index (Phi) is 5.70. The lowest BCUT2D eigenvalue weighted by molar-refractivity contribution is -0.136. The summed E-state index contributed by atoms with van der Waals surface area (Å²) >= 11 is 0. The number of carbonyl (C=O) groups is 2. The number of esters is 1. The number of anilines is 1. The van der Waals surface area contributed by atoms with E-state index in [4.69, 9.17) is 4.74 Å². The van der Waals surface area contributed by atoms with Crippen molar-refractivity contribution < 1.29 is 27.5 Å². The molecular weight excluding hydrogens is 455 g/mol. The van der Waals surface area contributed by atoms with Gasteiger partial charge < -0.3 is 20.0 Å². The molecule has 0 fully saturated rings. The molecule has 2 heterocycles. The molecule has 0 saturated heterocycles. The molecule has 0 saturated carbocycles. The second kappa shape index (κ2) is 8.50. The van der Waals surface area contributed by atoms with Gasteiger partial charge in [-0.05, 0) is 37.3 Å². The number of hydrogen-bond acceptors (Lipinski definition) is 5. The highest BCUT2D eigenvalue weighted by Crippen LogP contribution is 2.33. The van der Waals surface area contributed by atoms with Crippen LogP contribution in [0.3, 0.4) is 0 Å². The van der Waals surface area contributed by atoms with E-state index < -0.39 is 45.6 Å². The molecule has 0 aliphatic heterocycles. The van der Waals surface area contributed by atoms with Crippen LogP contribution in [0.15, 0.2) is 58.4 Å². The van der Waals surface area contributed by atoms with Crippen LogP contribution in [0.25, 0.3) is 21.8 Å². The summed E-state index contributed by atoms with van der Waals surface area (Å²) in [6.07, 6.45) is -2.56. The number of aromatic amines is 2. The van der Waals surface area contributed by atoms with E-state index in [1.807, 2.05) is 0 Å². The summed E-state index contributed by atoms with van der Waals surface area (Å²) in [5, 5.41) is 2.25. The van der Waals surface area contributed by atoms with Gasteiger partial charge in [-0.1, -0.05) is 6.07 Å². The predicted molar refractivity (Wildman–Crippen MR) is 118 cm³/mol. The standard InChI is InChI=1S/C23H16F3N3O5/c1-2-34-22(33)15-10-27-17-7-6-11(8-13(17)20(15)31)29-21(32)14-9-28-18-12(19(14)30)4-3-5-16(18)23(24,25)26/h3-10H,2H2,1H3,(H,27,31)(H,28,30)(H,29,32). The van der Waals surface area contributed by atoms with Crippen LogP contribution in [0, 0.1) is 0 Å². The van der Waals surface area contributed by atoms with Gasteiger partial charge >= 0.3 is 12.1 Å². The lowest BCUT2D eigenvalue weighted by atomic mass is 10.1. The van der Waals surface area contributed by atoms with Crippen molar-refractivity contribution in [3.63, 3.8) is 0 Å². The summed E-state index contributed by atoms with van der Waals surface area (Å²) in [6.45, 7) is 1.68. The first-order valence-corrected chi connectivity index (χ1v) is 9.97. The largest absolute Gasteiger partial charge is 0.462 e. The number of alkyl halides is 3. The molecular formula is C23H16F3N3O5. The van der Waals surface area contributed by atoms with Crippen LogP contribution in [0.1, 0.15) is 33.2 Å². The molecule has 34 heavy (non-hydrogen) atoms. The number of pyridine rings is 2. The maximum Gasteiger partial charge on any atom is 0.418 e. The van der Waals surface area contributed by atoms with Crippen molar-refractivity contribution in [3.8, 4) is 0 Å². The van der Waals surface area contributed by atoms with Crippen molar-refractivity contribution >= 4 is 39.4 Å². The Labute approximate surface area is 188 Å². The Morgan fingerprint density at radius 1 is 0.971 bits per heavy atom. The number of aromatic nitrogens is 2. The summed E-state index contributed by atoms with van der Waals surface area (Å²) in [5.74, 6) is -1.70. The van der Waals surface area contributed by atoms with Crippen molar-refractivity contribution in [1.82, 2.24) is 9.97 Å². The lowest BCUT2D eigenvalue weighted by Crippen LogP contribution is -2.23. The smallest absolute Gasteiger partial charge is 0.418 e. The quantitative estimate of drug-likeness (QED) is 0.391. The first-order valence-electron chi connectivity index (χ1n) is 9.97. The zero-order chi connectivity index (χ0) is 24.6. The van der Waals surface area contributed by atoms with Gasteiger partial charge in [0.05, 0.1) is 17.7 Å². The minimum Gasteiger partial charge on any atom is -0.462 e. The molecule has 2 aromatic carbocycles. The molecule has 0 unspecified atom stereocenters. The average molecular weight is 471 g/mol. The molecule has 1 amide bonds. The first kappa shape index (κ1) is 22.8. The molecule has 0 aliphatic carbocycles. The minimum absolute atomic E-state index is 0.0805. The monoisotopic (exact) mass is 471 g/mol. The van der Waals surface area contributed by atoms with Crippen LogP contribution in [-0.2, 0) is 10.9 Å². The van der Waals surface area contributed by atoms with Crippen LogP contribution in [0.5, 0.6) is 0 Å². The van der Waals surface area contributed by atoms with E-state index in [9.17, 15) is 32.3 Å². The molecule has 0 bridgehead atoms. The number of benzene rings is 2. The zero-order valence-corrected chi connectivity index (χ0v) is 17.5. The Bertz CT molecular complexity index is 1570. The van der Waals surface area contributed by atoms with E-state index in [0.717, 1.165) is 18.3 Å². The first-order chi connectivity index (χ1) is 16.1. The van der Waals surface area contributed by atoms with Crippen LogP contribution in [0.4, 0.5) is 18.9 Å². The molecule has 11 heteroatoms. The lowest BCUT2D eigenvalue weighted by Gasteiger charge is -2.11. The van der Waals surface area contributed by atoms with Gasteiger partial charge in [0.1, 0.15) is 11.1 Å². The third kappa shape index (κ3) is 4.03. The fourth-order valence-corrected chi connectivity index (χ4v) is 3.51. The Balaban J connectivity index is 1.71. The Hall–Kier alpha value is -4.41. The number of nitrogens with one attached hydrogen (secondary N) is 3. The van der Waals surface area contributed by atoms with E-state index >= 15 is 0 Å². The van der Waals surface area contributed by atoms with Gasteiger partial charge in [0, 0.05) is 34.4 Å². The van der Waals surface area contributed by atoms with Gasteiger partial charge in [-0.25, -0.2) is 4.79 Å². The van der Waals surface area contributed by atoms with Crippen LogP contribution in [-0.4, -0.2) is 28.5 Å². The van der Waals surface area contributed by atoms with Crippen molar-refractivity contribution in [2.24, 2.45) is 0 Å². The number of para-hydroxylation sites is 1. The van der Waals surface area contributed by atoms with Gasteiger partial charge in [0.25, 0.3) is 5.91 Å². The van der Waals surface area contributed by atoms with Gasteiger partial charge in [-0.15, -0.1) is 0 Å². The summed E-state index contributed by atoms with van der Waals surface area (Å²) in [7, 11) is 0. The maximum atomic E-state index is 13.2. The molecule has 2 aromatic heterocycles. The molecule has 0 atom stereocenters. The zero-order valence-electron chi connectivity index (χ0n) is 17.5. The second-order valence-electron chi connectivity index (χ2n) is 7.22. The molecule has 0 radical (unpaired) electrons. The van der Waals surface area contributed by atoms with Crippen LogP contribution < -0.4 is 16.2 Å². The fraction of sp³-hybridized carbons (Fsp3) is 0.130. The number of H-pyrrole nitrogens is 2. The molecule has 4 rings (SSSR count). The Morgan fingerprint density at radius 3 is 2.38 bits per heavy atom. The van der Waals surface area contributed by atoms with Gasteiger partial charge in [0.15, 0.2) is 0 Å². The highest BCUT2D eigenvalue weighted by molar-refractivity contribution is 6.06. The SMILES string of the molecule is CCOC(=O)c1c[nH]c2ccc(NC(=O)c3c[nH]c4c(C(F)(F)F)cccc4c3=O)cc2c1=O. The van der Waals surface area contributed by atoms with Crippen molar-refractivity contribution in [2.75, 3.05) is 11.9 Å². The predicted octanol–water partition coefficient (Wildman–Crippen LogP) is 3.82. The average Bonchev–Trinajstić information content (AvgIpc) is 2.79. The fourth-order valence-electron chi connectivity index (χ4n) is 3.51. The van der Waals surface area contributed by atoms with Gasteiger partial charge in [-0.3, -0.25) is 14.4 Å². The molecule has 3 N–H and O–H groups in total. The minimum atomic E-state index is -4.69. The molecule has 0 spiro atoms. The maximum absolute atomic E-state index is 13.2. The number of hydrogen-bond donors (Lipinski definition) is 3. The number of carbonyl (C=O) groups excluding carboxylic acids is 2. The highest BCUT2D eigenvalue weighted by Gasteiger charge is 2.33. The van der Waals surface area contributed by atoms with E-state index in [1.165, 1.54) is 30.5 Å². The third-order valence-corrected chi connectivity index (χ3v) is 5.10. The van der Waals surface area contributed by atoms with E-state index in [1.54, 1.807) is 6.92 Å². The molecule has 4 aromatic rings. The van der Waals surface area contributed by atoms with Gasteiger partial charge in [-0.2, -0.15) is 13.2 Å². The molecule has 174 valence electrons. The van der Waals surface area contributed by atoms with E-state index in [0.29, 0.717) is 5.52 Å². The van der Waals surface area contributed by atoms with Crippen molar-refractivity contribution in [3.05, 3.63) is 85.9 Å². The topological polar surface area (TPSA) is 121 Å². The third-order valence-electron chi connectivity index (χ3n) is 5.10. The van der Waals surface area contributed by atoms with Gasteiger partial charge in [0.2, 0.25) is 10.9 Å². The number of ether oxygens (including phenoxy) is 1. The summed E-state index contributed by atoms with van der Waals surface area (Å²) in [5.41, 5.74) is -3.08. The summed E-state index contributed by atoms with van der Waals surface area (Å²) in [4.78, 5) is 55.3. The second-order valence-corrected chi connectivity index (χ2v) is 7.22. The summed E-state index contributed by atoms with van der Waals surface area (Å²) < 4.78 is 44.5. The molecule has 0 aliphatic rings. The van der Waals surface area contributed by atoms with Crippen LogP contribution >= 0.6 is 0 Å². The van der Waals surface area contributed by atoms with E-state index in [2.05, 4.69) is 15.3 Å². The van der Waals surface area contributed by atoms with Crippen LogP contribution in [0.2, 0.25) is 0 Å². The normalized spacial score (nSPS) is 11.5. The number of halogens is 3. The number of fused-ring (bicyclic) bond motifs is 2. The molecule has 8 nitrogen and oxygen atoms in total. The highest BCUT2D eigenvalue weighted by atomic mass is 19.4. The summed E-state index contributed by atoms with van der Waals surface area (Å²) in [6, 6.07) is 7.35. The Morgan fingerprint density at radius 2 is 1.68 bits per heavy atom. The number of amides is 1.